The predicted octanol–water partition coefficient (Wildman–Crippen LogP) is 6.42. The molecule has 2 bridgehead atoms. The zero-order chi connectivity index (χ0) is 38.2. The molecule has 11 nitrogen and oxygen atoms in total. The maximum Gasteiger partial charge on any atom is 0.326 e. The molecule has 2 saturated heterocycles. The second kappa shape index (κ2) is 17.6. The van der Waals surface area contributed by atoms with E-state index in [4.69, 9.17) is 25.8 Å². The van der Waals surface area contributed by atoms with E-state index in [0.717, 1.165) is 53.8 Å². The molecule has 3 heterocycles. The van der Waals surface area contributed by atoms with E-state index in [0.29, 0.717) is 51.9 Å². The van der Waals surface area contributed by atoms with Crippen LogP contribution in [0.1, 0.15) is 66.8 Å². The molecule has 0 spiro atoms. The van der Waals surface area contributed by atoms with Gasteiger partial charge in [-0.15, -0.1) is 0 Å². The summed E-state index contributed by atoms with van der Waals surface area (Å²) in [4.78, 5) is 18.5. The van der Waals surface area contributed by atoms with Crippen LogP contribution in [-0.2, 0) is 24.6 Å². The summed E-state index contributed by atoms with van der Waals surface area (Å²) in [6, 6.07) is 22.3. The Morgan fingerprint density at radius 2 is 1.78 bits per heavy atom. The number of hydrogen-bond donors (Lipinski definition) is 4. The average molecular weight is 755 g/mol. The summed E-state index contributed by atoms with van der Waals surface area (Å²) in [7, 11) is 0. The normalized spacial score (nSPS) is 19.1. The smallest absolute Gasteiger partial charge is 0.326 e. The molecule has 0 amide bonds. The van der Waals surface area contributed by atoms with Gasteiger partial charge in [0, 0.05) is 54.8 Å². The molecule has 0 radical (unpaired) electrons. The molecule has 4 N–H and O–H groups in total. The average Bonchev–Trinajstić information content (AvgIpc) is 3.42. The van der Waals surface area contributed by atoms with Gasteiger partial charge in [-0.2, -0.15) is 5.26 Å². The maximum absolute atomic E-state index is 11.8. The molecule has 4 aromatic rings. The van der Waals surface area contributed by atoms with E-state index in [1.807, 2.05) is 24.3 Å². The van der Waals surface area contributed by atoms with Gasteiger partial charge in [0.15, 0.2) is 0 Å². The molecule has 2 aliphatic rings. The van der Waals surface area contributed by atoms with Crippen molar-refractivity contribution in [3.05, 3.63) is 106 Å². The van der Waals surface area contributed by atoms with Crippen LogP contribution < -0.4 is 19.5 Å². The maximum atomic E-state index is 11.8. The molecule has 284 valence electrons. The van der Waals surface area contributed by atoms with Crippen molar-refractivity contribution < 1.29 is 34.3 Å². The Hall–Kier alpha value is -4.70. The van der Waals surface area contributed by atoms with Crippen LogP contribution in [0.25, 0.3) is 11.1 Å². The molecule has 6 rings (SSSR count). The van der Waals surface area contributed by atoms with Crippen molar-refractivity contribution in [1.29, 1.82) is 5.26 Å². The van der Waals surface area contributed by atoms with Crippen molar-refractivity contribution in [3.8, 4) is 34.4 Å². The third-order valence-electron chi connectivity index (χ3n) is 10.6. The Balaban J connectivity index is 1.13. The van der Waals surface area contributed by atoms with Crippen LogP contribution in [0.2, 0.25) is 5.02 Å². The van der Waals surface area contributed by atoms with Gasteiger partial charge >= 0.3 is 5.97 Å². The number of nitrogens with zero attached hydrogens (tertiary/aromatic N) is 3. The van der Waals surface area contributed by atoms with Gasteiger partial charge in [0.25, 0.3) is 0 Å². The standard InChI is InChI=1S/C42H47ClN4O7/c1-27-31(7-4-9-37(27)30-6-3-8-36(15-30)52-13-5-12-47-33-10-11-34(47)18-35(49)17-33)25-54-40-19-39(53-24-29-14-28(20-44)21-45-22-29)32(16-38(40)43)23-46-42(2,26-48)41(50)51/h3-4,6-9,14-16,19,21-22,33-35,46,48-49H,5,10-13,17-18,23-26H2,1-2H3,(H,50,51)/t33-,34+,35-,42-/m1/s1. The van der Waals surface area contributed by atoms with E-state index in [2.05, 4.69) is 46.4 Å². The van der Waals surface area contributed by atoms with Crippen LogP contribution in [0.5, 0.6) is 17.2 Å². The SMILES string of the molecule is Cc1c(COc2cc(OCc3cncc(C#N)c3)c(CN[C@](C)(CO)C(=O)O)cc2Cl)cccc1-c1cccc(OCCCN2[C@@H]3CC[C@H]2C[C@H](O)C3)c1. The lowest BCUT2D eigenvalue weighted by Crippen LogP contribution is -2.52. The van der Waals surface area contributed by atoms with E-state index in [1.54, 1.807) is 24.4 Å². The first-order valence-corrected chi connectivity index (χ1v) is 18.7. The Kier molecular flexibility index (Phi) is 12.7. The molecule has 0 saturated carbocycles. The van der Waals surface area contributed by atoms with Crippen LogP contribution in [0.3, 0.4) is 0 Å². The number of carbonyl (C=O) groups is 1. The van der Waals surface area contributed by atoms with Gasteiger partial charge < -0.3 is 29.5 Å². The highest BCUT2D eigenvalue weighted by molar-refractivity contribution is 6.32. The summed E-state index contributed by atoms with van der Waals surface area (Å²) in [6.07, 6.45) is 7.98. The number of nitriles is 1. The van der Waals surface area contributed by atoms with E-state index in [1.165, 1.54) is 26.0 Å². The molecule has 2 fully saturated rings. The second-order valence-electron chi connectivity index (χ2n) is 14.4. The van der Waals surface area contributed by atoms with Crippen molar-refractivity contribution in [2.24, 2.45) is 0 Å². The number of carboxylic acid groups (broad SMARTS) is 1. The number of halogens is 1. The highest BCUT2D eigenvalue weighted by Gasteiger charge is 2.39. The third-order valence-corrected chi connectivity index (χ3v) is 10.8. The molecular weight excluding hydrogens is 708 g/mol. The van der Waals surface area contributed by atoms with E-state index < -0.39 is 18.1 Å². The summed E-state index contributed by atoms with van der Waals surface area (Å²) in [5.74, 6) is 0.375. The zero-order valence-corrected chi connectivity index (χ0v) is 31.4. The Morgan fingerprint density at radius 1 is 1.02 bits per heavy atom. The van der Waals surface area contributed by atoms with Crippen molar-refractivity contribution in [2.45, 2.75) is 89.4 Å². The predicted molar refractivity (Wildman–Crippen MR) is 205 cm³/mol. The lowest BCUT2D eigenvalue weighted by Gasteiger charge is -2.37. The van der Waals surface area contributed by atoms with Crippen molar-refractivity contribution in [2.75, 3.05) is 19.8 Å². The molecule has 2 aliphatic heterocycles. The van der Waals surface area contributed by atoms with Crippen molar-refractivity contribution in [3.63, 3.8) is 0 Å². The Bertz CT molecular complexity index is 1970. The summed E-state index contributed by atoms with van der Waals surface area (Å²) in [5.41, 5.74) is 4.13. The van der Waals surface area contributed by atoms with Crippen molar-refractivity contribution >= 4 is 17.6 Å². The number of benzene rings is 3. The van der Waals surface area contributed by atoms with Crippen LogP contribution >= 0.6 is 11.6 Å². The largest absolute Gasteiger partial charge is 0.494 e. The summed E-state index contributed by atoms with van der Waals surface area (Å²) in [6.45, 7) is 4.77. The minimum atomic E-state index is -1.59. The Morgan fingerprint density at radius 3 is 2.52 bits per heavy atom. The minimum Gasteiger partial charge on any atom is -0.494 e. The van der Waals surface area contributed by atoms with Gasteiger partial charge in [-0.25, -0.2) is 0 Å². The van der Waals surface area contributed by atoms with Gasteiger partial charge in [0.05, 0.1) is 29.9 Å². The lowest BCUT2D eigenvalue weighted by molar-refractivity contribution is -0.145. The molecule has 0 aliphatic carbocycles. The first-order valence-electron chi connectivity index (χ1n) is 18.3. The summed E-state index contributed by atoms with van der Waals surface area (Å²) < 4.78 is 18.6. The van der Waals surface area contributed by atoms with Gasteiger partial charge in [-0.05, 0) is 92.5 Å². The highest BCUT2D eigenvalue weighted by Crippen LogP contribution is 2.37. The Labute approximate surface area is 321 Å². The van der Waals surface area contributed by atoms with E-state index in [9.17, 15) is 25.4 Å². The molecule has 1 aromatic heterocycles. The fraction of sp³-hybridized carbons (Fsp3) is 0.405. The van der Waals surface area contributed by atoms with Gasteiger partial charge in [-0.1, -0.05) is 41.9 Å². The first-order chi connectivity index (χ1) is 26.1. The molecule has 4 atom stereocenters. The second-order valence-corrected chi connectivity index (χ2v) is 14.8. The fourth-order valence-electron chi connectivity index (χ4n) is 7.35. The molecule has 12 heteroatoms. The number of piperidine rings is 1. The lowest BCUT2D eigenvalue weighted by atomic mass is 9.96. The number of aliphatic hydroxyl groups excluding tert-OH is 2. The number of carboxylic acids is 1. The van der Waals surface area contributed by atoms with Gasteiger partial charge in [0.2, 0.25) is 0 Å². The number of nitrogens with one attached hydrogen (secondary N) is 1. The number of fused-ring (bicyclic) bond motifs is 2. The quantitative estimate of drug-likeness (QED) is 0.0882. The van der Waals surface area contributed by atoms with Crippen LogP contribution in [-0.4, -0.2) is 74.7 Å². The highest BCUT2D eigenvalue weighted by atomic mass is 35.5. The minimum absolute atomic E-state index is 0.0312. The number of hydrogen-bond acceptors (Lipinski definition) is 10. The molecule has 0 unspecified atom stereocenters. The van der Waals surface area contributed by atoms with E-state index >= 15 is 0 Å². The number of pyridine rings is 1. The summed E-state index contributed by atoms with van der Waals surface area (Å²) >= 11 is 6.73. The molecular formula is C42H47ClN4O7. The number of aliphatic carboxylic acids is 1. The first kappa shape index (κ1) is 39.0. The van der Waals surface area contributed by atoms with Crippen LogP contribution in [0.4, 0.5) is 0 Å². The monoisotopic (exact) mass is 754 g/mol. The topological polar surface area (TPSA) is 157 Å². The molecule has 3 aromatic carbocycles. The number of aromatic nitrogens is 1. The van der Waals surface area contributed by atoms with Crippen LogP contribution in [0, 0.1) is 18.3 Å². The van der Waals surface area contributed by atoms with E-state index in [-0.39, 0.29) is 25.9 Å². The number of aliphatic hydroxyl groups is 2. The van der Waals surface area contributed by atoms with Crippen LogP contribution in [0.15, 0.2) is 73.1 Å². The van der Waals surface area contributed by atoms with Gasteiger partial charge in [-0.3, -0.25) is 20.0 Å². The fourth-order valence-corrected chi connectivity index (χ4v) is 7.59. The number of ether oxygens (including phenoxy) is 3. The third kappa shape index (κ3) is 9.32. The summed E-state index contributed by atoms with van der Waals surface area (Å²) in [5, 5.41) is 42.0. The zero-order valence-electron chi connectivity index (χ0n) is 30.6. The van der Waals surface area contributed by atoms with Crippen molar-refractivity contribution in [1.82, 2.24) is 15.2 Å². The molecule has 54 heavy (non-hydrogen) atoms. The van der Waals surface area contributed by atoms with Gasteiger partial charge in [0.1, 0.15) is 42.1 Å². The number of rotatable bonds is 17.